The van der Waals surface area contributed by atoms with Crippen molar-refractivity contribution < 1.29 is 19.4 Å². The second-order valence-corrected chi connectivity index (χ2v) is 10.6. The maximum absolute atomic E-state index is 13.6. The van der Waals surface area contributed by atoms with E-state index in [1.54, 1.807) is 17.0 Å². The van der Waals surface area contributed by atoms with Gasteiger partial charge >= 0.3 is 0 Å². The highest BCUT2D eigenvalue weighted by atomic mass is 35.5. The van der Waals surface area contributed by atoms with Crippen molar-refractivity contribution in [1.82, 2.24) is 14.7 Å². The van der Waals surface area contributed by atoms with Gasteiger partial charge in [-0.05, 0) is 62.9 Å². The Labute approximate surface area is 204 Å². The van der Waals surface area contributed by atoms with Gasteiger partial charge in [0.25, 0.3) is 5.91 Å². The van der Waals surface area contributed by atoms with Crippen molar-refractivity contribution in [3.8, 4) is 0 Å². The molecule has 4 aliphatic rings. The predicted molar refractivity (Wildman–Crippen MR) is 125 cm³/mol. The molecule has 3 saturated heterocycles. The minimum Gasteiger partial charge on any atom is -0.380 e. The summed E-state index contributed by atoms with van der Waals surface area (Å²) in [6.45, 7) is 3.74. The van der Waals surface area contributed by atoms with Gasteiger partial charge in [-0.3, -0.25) is 14.5 Å². The lowest BCUT2D eigenvalue weighted by atomic mass is 9.78. The van der Waals surface area contributed by atoms with Gasteiger partial charge in [0.15, 0.2) is 0 Å². The van der Waals surface area contributed by atoms with E-state index in [1.165, 1.54) is 0 Å². The van der Waals surface area contributed by atoms with Crippen molar-refractivity contribution in [1.29, 1.82) is 0 Å². The van der Waals surface area contributed by atoms with Crippen molar-refractivity contribution in [2.24, 2.45) is 0 Å². The van der Waals surface area contributed by atoms with E-state index in [0.29, 0.717) is 49.2 Å². The van der Waals surface area contributed by atoms with Crippen LogP contribution in [0.5, 0.6) is 0 Å². The molecule has 1 aromatic carbocycles. The van der Waals surface area contributed by atoms with Gasteiger partial charge < -0.3 is 19.6 Å². The molecule has 5 rings (SSSR count). The van der Waals surface area contributed by atoms with E-state index < -0.39 is 5.60 Å². The summed E-state index contributed by atoms with van der Waals surface area (Å²) >= 11 is 12.2. The van der Waals surface area contributed by atoms with E-state index in [-0.39, 0.29) is 36.4 Å². The summed E-state index contributed by atoms with van der Waals surface area (Å²) in [5.74, 6) is -0.185. The molecule has 1 aliphatic carbocycles. The SMILES string of the molecule is O=C(Cc1ccc(Cl)c(Cl)c1)N1CCN(C(=O)C2(O)CCC2)[C@H]2COC[C@@H](N3CCCC3)[C@@H]21. The molecule has 7 nitrogen and oxygen atoms in total. The Balaban J connectivity index is 1.41. The molecule has 180 valence electrons. The predicted octanol–water partition coefficient (Wildman–Crippen LogP) is 2.35. The Morgan fingerprint density at radius 1 is 0.970 bits per heavy atom. The van der Waals surface area contributed by atoms with Crippen LogP contribution in [0.4, 0.5) is 0 Å². The van der Waals surface area contributed by atoms with E-state index in [2.05, 4.69) is 4.90 Å². The number of nitrogens with zero attached hydrogens (tertiary/aromatic N) is 3. The number of hydrogen-bond acceptors (Lipinski definition) is 5. The average Bonchev–Trinajstić information content (AvgIpc) is 3.33. The number of halogens is 2. The van der Waals surface area contributed by atoms with Gasteiger partial charge in [-0.25, -0.2) is 0 Å². The quantitative estimate of drug-likeness (QED) is 0.693. The van der Waals surface area contributed by atoms with Gasteiger partial charge in [0, 0.05) is 13.1 Å². The van der Waals surface area contributed by atoms with Crippen LogP contribution < -0.4 is 0 Å². The fourth-order valence-electron chi connectivity index (χ4n) is 5.84. The topological polar surface area (TPSA) is 73.3 Å². The first kappa shape index (κ1) is 23.4. The summed E-state index contributed by atoms with van der Waals surface area (Å²) < 4.78 is 6.00. The summed E-state index contributed by atoms with van der Waals surface area (Å²) in [5, 5.41) is 11.7. The van der Waals surface area contributed by atoms with Gasteiger partial charge in [-0.1, -0.05) is 29.3 Å². The maximum Gasteiger partial charge on any atom is 0.254 e. The number of hydrogen-bond donors (Lipinski definition) is 1. The van der Waals surface area contributed by atoms with Gasteiger partial charge in [0.1, 0.15) is 5.60 Å². The minimum absolute atomic E-state index is 0.0175. The fourth-order valence-corrected chi connectivity index (χ4v) is 6.16. The van der Waals surface area contributed by atoms with E-state index in [9.17, 15) is 14.7 Å². The zero-order chi connectivity index (χ0) is 23.2. The van der Waals surface area contributed by atoms with E-state index in [4.69, 9.17) is 27.9 Å². The number of piperazine rings is 1. The van der Waals surface area contributed by atoms with E-state index in [1.807, 2.05) is 11.0 Å². The van der Waals surface area contributed by atoms with E-state index in [0.717, 1.165) is 37.9 Å². The molecule has 33 heavy (non-hydrogen) atoms. The number of benzene rings is 1. The van der Waals surface area contributed by atoms with Crippen LogP contribution in [0.2, 0.25) is 10.0 Å². The zero-order valence-electron chi connectivity index (χ0n) is 18.7. The molecule has 1 saturated carbocycles. The second-order valence-electron chi connectivity index (χ2n) is 9.80. The third-order valence-electron chi connectivity index (χ3n) is 7.82. The molecular weight excluding hydrogens is 465 g/mol. The standard InChI is InChI=1S/C24H31Cl2N3O4/c25-17-5-4-16(12-18(17)26)13-21(30)29-11-10-28(23(31)24(32)6-3-7-24)20-15-33-14-19(22(20)29)27-8-1-2-9-27/h4-5,12,19-20,22,32H,1-3,6-11,13-15H2/t19-,20+,22+/m1/s1. The number of carbonyl (C=O) groups excluding carboxylic acids is 2. The smallest absolute Gasteiger partial charge is 0.254 e. The number of fused-ring (bicyclic) bond motifs is 1. The lowest BCUT2D eigenvalue weighted by Crippen LogP contribution is -2.74. The summed E-state index contributed by atoms with van der Waals surface area (Å²) in [6, 6.07) is 4.91. The van der Waals surface area contributed by atoms with Crippen LogP contribution in [0.25, 0.3) is 0 Å². The van der Waals surface area contributed by atoms with Crippen LogP contribution in [-0.2, 0) is 20.7 Å². The number of likely N-dealkylation sites (tertiary alicyclic amines) is 1. The number of aliphatic hydroxyl groups is 1. The molecule has 0 bridgehead atoms. The Morgan fingerprint density at radius 2 is 1.67 bits per heavy atom. The molecule has 3 heterocycles. The molecule has 2 amide bonds. The number of rotatable bonds is 4. The van der Waals surface area contributed by atoms with Crippen LogP contribution in [0.1, 0.15) is 37.7 Å². The number of amides is 2. The lowest BCUT2D eigenvalue weighted by molar-refractivity contribution is -0.180. The lowest BCUT2D eigenvalue weighted by Gasteiger charge is -2.55. The van der Waals surface area contributed by atoms with Gasteiger partial charge in [0.2, 0.25) is 5.91 Å². The monoisotopic (exact) mass is 495 g/mol. The van der Waals surface area contributed by atoms with Crippen molar-refractivity contribution in [3.05, 3.63) is 33.8 Å². The largest absolute Gasteiger partial charge is 0.380 e. The normalized spacial score (nSPS) is 29.5. The first-order chi connectivity index (χ1) is 15.9. The van der Waals surface area contributed by atoms with Crippen LogP contribution in [0.3, 0.4) is 0 Å². The molecule has 1 N–H and O–H groups in total. The summed E-state index contributed by atoms with van der Waals surface area (Å²) in [5.41, 5.74) is -0.435. The van der Waals surface area contributed by atoms with Crippen molar-refractivity contribution >= 4 is 35.0 Å². The van der Waals surface area contributed by atoms with Gasteiger partial charge in [-0.2, -0.15) is 0 Å². The zero-order valence-corrected chi connectivity index (χ0v) is 20.2. The Bertz CT molecular complexity index is 919. The molecule has 0 radical (unpaired) electrons. The molecule has 1 aromatic rings. The molecule has 9 heteroatoms. The molecule has 3 aliphatic heterocycles. The fraction of sp³-hybridized carbons (Fsp3) is 0.667. The Hall–Kier alpha value is -1.38. The van der Waals surface area contributed by atoms with Crippen LogP contribution in [-0.4, -0.2) is 94.7 Å². The highest BCUT2D eigenvalue weighted by molar-refractivity contribution is 6.42. The summed E-state index contributed by atoms with van der Waals surface area (Å²) in [7, 11) is 0. The van der Waals surface area contributed by atoms with Crippen molar-refractivity contribution in [2.45, 2.75) is 62.3 Å². The summed E-state index contributed by atoms with van der Waals surface area (Å²) in [6.07, 6.45) is 4.38. The van der Waals surface area contributed by atoms with Crippen LogP contribution in [0, 0.1) is 0 Å². The molecule has 0 aromatic heterocycles. The van der Waals surface area contributed by atoms with E-state index >= 15 is 0 Å². The Kier molecular flexibility index (Phi) is 6.62. The van der Waals surface area contributed by atoms with Crippen molar-refractivity contribution in [3.63, 3.8) is 0 Å². The Morgan fingerprint density at radius 3 is 2.33 bits per heavy atom. The minimum atomic E-state index is -1.25. The first-order valence-electron chi connectivity index (χ1n) is 12.0. The van der Waals surface area contributed by atoms with Gasteiger partial charge in [0.05, 0.1) is 47.8 Å². The maximum atomic E-state index is 13.6. The molecule has 4 fully saturated rings. The average molecular weight is 496 g/mol. The van der Waals surface area contributed by atoms with Crippen LogP contribution in [0.15, 0.2) is 18.2 Å². The first-order valence-corrected chi connectivity index (χ1v) is 12.7. The summed E-state index contributed by atoms with van der Waals surface area (Å²) in [4.78, 5) is 33.0. The van der Waals surface area contributed by atoms with Gasteiger partial charge in [-0.15, -0.1) is 0 Å². The second kappa shape index (κ2) is 9.34. The van der Waals surface area contributed by atoms with Crippen molar-refractivity contribution in [2.75, 3.05) is 39.4 Å². The molecule has 0 spiro atoms. The molecule has 3 atom stereocenters. The van der Waals surface area contributed by atoms with Crippen LogP contribution >= 0.6 is 23.2 Å². The third kappa shape index (κ3) is 4.39. The third-order valence-corrected chi connectivity index (χ3v) is 8.56. The molecule has 0 unspecified atom stereocenters. The highest BCUT2D eigenvalue weighted by Gasteiger charge is 2.53. The number of ether oxygens (including phenoxy) is 1. The molecular formula is C24H31Cl2N3O4. The highest BCUT2D eigenvalue weighted by Crippen LogP contribution is 2.37. The number of carbonyl (C=O) groups is 2.